The summed E-state index contributed by atoms with van der Waals surface area (Å²) < 4.78 is 5.89. The summed E-state index contributed by atoms with van der Waals surface area (Å²) in [6.07, 6.45) is 11.2. The van der Waals surface area contributed by atoms with Crippen molar-refractivity contribution in [2.45, 2.75) is 97.2 Å². The van der Waals surface area contributed by atoms with E-state index in [9.17, 15) is 9.90 Å². The van der Waals surface area contributed by atoms with Crippen LogP contribution >= 0.6 is 0 Å². The Kier molecular flexibility index (Phi) is 4.46. The van der Waals surface area contributed by atoms with Crippen molar-refractivity contribution in [1.29, 1.82) is 0 Å². The lowest BCUT2D eigenvalue weighted by molar-refractivity contribution is -0.165. The Hall–Kier alpha value is -0.570. The second-order valence-corrected chi connectivity index (χ2v) is 10.0. The zero-order valence-corrected chi connectivity index (χ0v) is 16.3. The van der Waals surface area contributed by atoms with Crippen LogP contribution in [0.3, 0.4) is 0 Å². The van der Waals surface area contributed by atoms with E-state index in [4.69, 9.17) is 4.74 Å². The summed E-state index contributed by atoms with van der Waals surface area (Å²) in [5.74, 6) is 3.05. The van der Waals surface area contributed by atoms with Gasteiger partial charge in [-0.2, -0.15) is 0 Å². The van der Waals surface area contributed by atoms with Crippen molar-refractivity contribution < 1.29 is 14.6 Å². The lowest BCUT2D eigenvalue weighted by Gasteiger charge is -2.60. The summed E-state index contributed by atoms with van der Waals surface area (Å²) in [5, 5.41) is 10.1. The third-order valence-corrected chi connectivity index (χ3v) is 9.11. The highest BCUT2D eigenvalue weighted by molar-refractivity contribution is 5.69. The third kappa shape index (κ3) is 2.67. The van der Waals surface area contributed by atoms with Crippen molar-refractivity contribution in [3.05, 3.63) is 0 Å². The van der Waals surface area contributed by atoms with Crippen LogP contribution in [0.1, 0.15) is 85.0 Å². The molecule has 0 aromatic heterocycles. The summed E-state index contributed by atoms with van der Waals surface area (Å²) in [6.45, 7) is 6.84. The molecular weight excluding hydrogens is 312 g/mol. The maximum absolute atomic E-state index is 11.9. The van der Waals surface area contributed by atoms with Crippen LogP contribution in [0.15, 0.2) is 0 Å². The molecule has 0 aromatic rings. The Balaban J connectivity index is 1.55. The Labute approximate surface area is 152 Å². The Bertz CT molecular complexity index is 531. The summed E-state index contributed by atoms with van der Waals surface area (Å²) in [7, 11) is 0. The van der Waals surface area contributed by atoms with Gasteiger partial charge in [-0.05, 0) is 86.9 Å². The zero-order chi connectivity index (χ0) is 17.8. The largest absolute Gasteiger partial charge is 0.462 e. The molecule has 1 N–H and O–H groups in total. The van der Waals surface area contributed by atoms with Crippen molar-refractivity contribution in [2.75, 3.05) is 0 Å². The van der Waals surface area contributed by atoms with E-state index in [0.717, 1.165) is 42.9 Å². The molecule has 4 aliphatic carbocycles. The molecule has 4 rings (SSSR count). The van der Waals surface area contributed by atoms with Gasteiger partial charge >= 0.3 is 5.97 Å². The number of ether oxygens (including phenoxy) is 1. The van der Waals surface area contributed by atoms with Crippen LogP contribution in [0.4, 0.5) is 0 Å². The number of aliphatic hydroxyl groups excluding tert-OH is 1. The molecule has 0 saturated heterocycles. The van der Waals surface area contributed by atoms with E-state index in [2.05, 4.69) is 13.8 Å². The standard InChI is InChI=1S/C22H36O3/c1-4-20(24)25-19-8-7-17-16-6-5-14-13-15(23)9-11-21(14,2)18(16)10-12-22(17,19)3/h14-19,23H,4-13H2,1-3H3/t14?,15-,16?,17?,18?,19?,21-,22-/m0/s1. The van der Waals surface area contributed by atoms with Crippen molar-refractivity contribution in [3.63, 3.8) is 0 Å². The fourth-order valence-electron chi connectivity index (χ4n) is 7.62. The van der Waals surface area contributed by atoms with Gasteiger partial charge in [0.05, 0.1) is 6.10 Å². The van der Waals surface area contributed by atoms with E-state index in [1.807, 2.05) is 6.92 Å². The summed E-state index contributed by atoms with van der Waals surface area (Å²) in [6, 6.07) is 0. The maximum Gasteiger partial charge on any atom is 0.305 e. The Morgan fingerprint density at radius 3 is 2.48 bits per heavy atom. The smallest absolute Gasteiger partial charge is 0.305 e. The van der Waals surface area contributed by atoms with Gasteiger partial charge in [0.2, 0.25) is 0 Å². The predicted octanol–water partition coefficient (Wildman–Crippen LogP) is 4.71. The minimum Gasteiger partial charge on any atom is -0.462 e. The van der Waals surface area contributed by atoms with Crippen LogP contribution in [-0.4, -0.2) is 23.3 Å². The zero-order valence-electron chi connectivity index (χ0n) is 16.3. The molecule has 0 spiro atoms. The van der Waals surface area contributed by atoms with Gasteiger partial charge in [-0.3, -0.25) is 4.79 Å². The van der Waals surface area contributed by atoms with Gasteiger partial charge in [0, 0.05) is 11.8 Å². The second-order valence-electron chi connectivity index (χ2n) is 10.0. The number of carbonyl (C=O) groups excluding carboxylic acids is 1. The van der Waals surface area contributed by atoms with Gasteiger partial charge in [-0.25, -0.2) is 0 Å². The van der Waals surface area contributed by atoms with Crippen LogP contribution in [0.25, 0.3) is 0 Å². The quantitative estimate of drug-likeness (QED) is 0.735. The summed E-state index contributed by atoms with van der Waals surface area (Å²) in [4.78, 5) is 11.9. The lowest BCUT2D eigenvalue weighted by Crippen LogP contribution is -2.54. The van der Waals surface area contributed by atoms with Crippen LogP contribution in [0.5, 0.6) is 0 Å². The molecular formula is C22H36O3. The molecule has 0 bridgehead atoms. The van der Waals surface area contributed by atoms with Gasteiger partial charge in [-0.1, -0.05) is 20.8 Å². The average molecular weight is 349 g/mol. The molecule has 4 saturated carbocycles. The summed E-state index contributed by atoms with van der Waals surface area (Å²) in [5.41, 5.74) is 0.630. The number of hydrogen-bond donors (Lipinski definition) is 1. The maximum atomic E-state index is 11.9. The molecule has 0 aromatic carbocycles. The SMILES string of the molecule is CCC(=O)OC1CCC2C3CCC4C[C@@H](O)CC[C@]4(C)C3CC[C@]12C. The van der Waals surface area contributed by atoms with Crippen molar-refractivity contribution in [3.8, 4) is 0 Å². The second kappa shape index (κ2) is 6.25. The molecule has 0 heterocycles. The fourth-order valence-corrected chi connectivity index (χ4v) is 7.62. The van der Waals surface area contributed by atoms with Gasteiger partial charge in [0.1, 0.15) is 6.10 Å². The number of carbonyl (C=O) groups is 1. The first kappa shape index (κ1) is 17.8. The van der Waals surface area contributed by atoms with Crippen molar-refractivity contribution >= 4 is 5.97 Å². The molecule has 0 aliphatic heterocycles. The van der Waals surface area contributed by atoms with E-state index < -0.39 is 0 Å². The molecule has 4 aliphatic rings. The highest BCUT2D eigenvalue weighted by atomic mass is 16.5. The van der Waals surface area contributed by atoms with E-state index in [1.165, 1.54) is 38.5 Å². The monoisotopic (exact) mass is 348 g/mol. The molecule has 25 heavy (non-hydrogen) atoms. The third-order valence-electron chi connectivity index (χ3n) is 9.11. The number of esters is 1. The highest BCUT2D eigenvalue weighted by Gasteiger charge is 2.60. The minimum atomic E-state index is -0.0622. The Morgan fingerprint density at radius 1 is 1.00 bits per heavy atom. The van der Waals surface area contributed by atoms with E-state index >= 15 is 0 Å². The molecule has 3 nitrogen and oxygen atoms in total. The van der Waals surface area contributed by atoms with E-state index in [0.29, 0.717) is 11.8 Å². The number of hydrogen-bond acceptors (Lipinski definition) is 3. The fraction of sp³-hybridized carbons (Fsp3) is 0.955. The van der Waals surface area contributed by atoms with Crippen LogP contribution in [0.2, 0.25) is 0 Å². The van der Waals surface area contributed by atoms with Gasteiger partial charge in [0.25, 0.3) is 0 Å². The van der Waals surface area contributed by atoms with Gasteiger partial charge < -0.3 is 9.84 Å². The summed E-state index contributed by atoms with van der Waals surface area (Å²) >= 11 is 0. The lowest BCUT2D eigenvalue weighted by atomic mass is 9.45. The molecule has 0 radical (unpaired) electrons. The molecule has 8 atom stereocenters. The molecule has 4 fully saturated rings. The number of aliphatic hydroxyl groups is 1. The molecule has 3 heteroatoms. The minimum absolute atomic E-state index is 0.0223. The first-order chi connectivity index (χ1) is 11.9. The van der Waals surface area contributed by atoms with Crippen LogP contribution in [-0.2, 0) is 9.53 Å². The first-order valence-electron chi connectivity index (χ1n) is 10.8. The molecule has 5 unspecified atom stereocenters. The number of rotatable bonds is 2. The van der Waals surface area contributed by atoms with Gasteiger partial charge in [0.15, 0.2) is 0 Å². The van der Waals surface area contributed by atoms with Crippen molar-refractivity contribution in [2.24, 2.45) is 34.5 Å². The Morgan fingerprint density at radius 2 is 1.72 bits per heavy atom. The molecule has 0 amide bonds. The van der Waals surface area contributed by atoms with Crippen LogP contribution < -0.4 is 0 Å². The highest BCUT2D eigenvalue weighted by Crippen LogP contribution is 2.66. The first-order valence-corrected chi connectivity index (χ1v) is 10.8. The normalized spacial score (nSPS) is 52.0. The average Bonchev–Trinajstić information content (AvgIpc) is 2.92. The molecule has 142 valence electrons. The van der Waals surface area contributed by atoms with Crippen molar-refractivity contribution in [1.82, 2.24) is 0 Å². The van der Waals surface area contributed by atoms with Crippen LogP contribution in [0, 0.1) is 34.5 Å². The van der Waals surface area contributed by atoms with E-state index in [1.54, 1.807) is 0 Å². The number of fused-ring (bicyclic) bond motifs is 5. The van der Waals surface area contributed by atoms with E-state index in [-0.39, 0.29) is 23.6 Å². The van der Waals surface area contributed by atoms with Gasteiger partial charge in [-0.15, -0.1) is 0 Å². The topological polar surface area (TPSA) is 46.5 Å². The predicted molar refractivity (Wildman–Crippen MR) is 97.9 cm³/mol.